The van der Waals surface area contributed by atoms with E-state index >= 15 is 0 Å². The number of para-hydroxylation sites is 1. The summed E-state index contributed by atoms with van der Waals surface area (Å²) in [4.78, 5) is 13.8. The van der Waals surface area contributed by atoms with Gasteiger partial charge in [-0.15, -0.1) is 0 Å². The summed E-state index contributed by atoms with van der Waals surface area (Å²) in [5, 5.41) is 3.28. The fourth-order valence-electron chi connectivity index (χ4n) is 2.56. The van der Waals surface area contributed by atoms with Crippen LogP contribution in [-0.2, 0) is 0 Å². The van der Waals surface area contributed by atoms with E-state index in [-0.39, 0.29) is 11.4 Å². The van der Waals surface area contributed by atoms with Crippen molar-refractivity contribution in [1.82, 2.24) is 4.90 Å². The minimum absolute atomic E-state index is 0.232. The van der Waals surface area contributed by atoms with Gasteiger partial charge in [-0.2, -0.15) is 0 Å². The molecule has 26 heavy (non-hydrogen) atoms. The molecule has 0 saturated carbocycles. The van der Waals surface area contributed by atoms with Crippen LogP contribution >= 0.6 is 0 Å². The molecular formula is C19H18F2N2O3. The van der Waals surface area contributed by atoms with Crippen LogP contribution in [0.5, 0.6) is 5.75 Å². The maximum Gasteiger partial charge on any atom is 0.322 e. The molecule has 0 radical (unpaired) electrons. The first-order valence-corrected chi connectivity index (χ1v) is 7.96. The third-order valence-corrected chi connectivity index (χ3v) is 4.24. The van der Waals surface area contributed by atoms with Crippen molar-refractivity contribution in [2.24, 2.45) is 0 Å². The monoisotopic (exact) mass is 360 g/mol. The molecule has 1 unspecified atom stereocenters. The molecule has 0 spiro atoms. The molecule has 3 aromatic rings. The van der Waals surface area contributed by atoms with Crippen LogP contribution < -0.4 is 10.1 Å². The molecule has 0 saturated heterocycles. The Morgan fingerprint density at radius 1 is 1.19 bits per heavy atom. The van der Waals surface area contributed by atoms with Crippen molar-refractivity contribution >= 4 is 22.7 Å². The SMILES string of the molecule is COc1cc(F)c(NC(=O)N(C)C(C)c2cc3ccccc3o2)cc1F. The van der Waals surface area contributed by atoms with Crippen molar-refractivity contribution in [1.29, 1.82) is 0 Å². The van der Waals surface area contributed by atoms with E-state index in [4.69, 9.17) is 9.15 Å². The van der Waals surface area contributed by atoms with Gasteiger partial charge in [0.05, 0.1) is 18.8 Å². The standard InChI is InChI=1S/C19H18F2N2O3/c1-11(17-8-12-6-4-5-7-16(12)26-17)23(2)19(24)22-15-9-14(21)18(25-3)10-13(15)20/h4-11H,1-3H3,(H,22,24). The summed E-state index contributed by atoms with van der Waals surface area (Å²) in [5.74, 6) is -1.20. The topological polar surface area (TPSA) is 54.7 Å². The molecule has 1 heterocycles. The van der Waals surface area contributed by atoms with E-state index in [9.17, 15) is 13.6 Å². The van der Waals surface area contributed by atoms with Gasteiger partial charge in [0.1, 0.15) is 11.3 Å². The second-order valence-corrected chi connectivity index (χ2v) is 5.87. The average Bonchev–Trinajstić information content (AvgIpc) is 3.07. The lowest BCUT2D eigenvalue weighted by Crippen LogP contribution is -2.33. The normalized spacial score (nSPS) is 12.0. The Hall–Kier alpha value is -3.09. The smallest absolute Gasteiger partial charge is 0.322 e. The maximum absolute atomic E-state index is 14.0. The number of hydrogen-bond donors (Lipinski definition) is 1. The number of halogens is 2. The number of methoxy groups -OCH3 is 1. The number of amides is 2. The lowest BCUT2D eigenvalue weighted by molar-refractivity contribution is 0.201. The third-order valence-electron chi connectivity index (χ3n) is 4.24. The molecule has 2 aromatic carbocycles. The minimum Gasteiger partial charge on any atom is -0.494 e. The highest BCUT2D eigenvalue weighted by molar-refractivity contribution is 5.89. The van der Waals surface area contributed by atoms with Crippen molar-refractivity contribution in [2.45, 2.75) is 13.0 Å². The molecule has 0 aliphatic rings. The van der Waals surface area contributed by atoms with E-state index < -0.39 is 23.7 Å². The number of nitrogens with one attached hydrogen (secondary N) is 1. The fraction of sp³-hybridized carbons (Fsp3) is 0.211. The van der Waals surface area contributed by atoms with Crippen LogP contribution in [0.1, 0.15) is 18.7 Å². The number of fused-ring (bicyclic) bond motifs is 1. The molecule has 7 heteroatoms. The zero-order valence-corrected chi connectivity index (χ0v) is 14.5. The van der Waals surface area contributed by atoms with Gasteiger partial charge in [0.25, 0.3) is 0 Å². The molecule has 1 atom stereocenters. The van der Waals surface area contributed by atoms with Crippen LogP contribution in [0.25, 0.3) is 11.0 Å². The fourth-order valence-corrected chi connectivity index (χ4v) is 2.56. The first-order valence-electron chi connectivity index (χ1n) is 7.96. The van der Waals surface area contributed by atoms with Crippen molar-refractivity contribution in [2.75, 3.05) is 19.5 Å². The Bertz CT molecular complexity index is 922. The molecule has 1 N–H and O–H groups in total. The maximum atomic E-state index is 14.0. The van der Waals surface area contributed by atoms with Gasteiger partial charge < -0.3 is 19.4 Å². The molecule has 3 rings (SSSR count). The number of carbonyl (C=O) groups excluding carboxylic acids is 1. The molecule has 136 valence electrons. The highest BCUT2D eigenvalue weighted by atomic mass is 19.1. The average molecular weight is 360 g/mol. The number of carbonyl (C=O) groups is 1. The Morgan fingerprint density at radius 2 is 1.92 bits per heavy atom. The molecule has 0 aliphatic heterocycles. The molecule has 2 amide bonds. The van der Waals surface area contributed by atoms with Gasteiger partial charge in [-0.3, -0.25) is 0 Å². The third kappa shape index (κ3) is 3.33. The molecular weight excluding hydrogens is 342 g/mol. The van der Waals surface area contributed by atoms with Crippen LogP contribution in [0.3, 0.4) is 0 Å². The van der Waals surface area contributed by atoms with Crippen molar-refractivity contribution < 1.29 is 22.7 Å². The Morgan fingerprint density at radius 3 is 2.62 bits per heavy atom. The quantitative estimate of drug-likeness (QED) is 0.717. The first-order chi connectivity index (χ1) is 12.4. The van der Waals surface area contributed by atoms with E-state index in [0.717, 1.165) is 17.5 Å². The van der Waals surface area contributed by atoms with Crippen LogP contribution in [0.15, 0.2) is 46.9 Å². The van der Waals surface area contributed by atoms with Crippen LogP contribution in [-0.4, -0.2) is 25.1 Å². The Balaban J connectivity index is 1.78. The zero-order valence-electron chi connectivity index (χ0n) is 14.5. The predicted molar refractivity (Wildman–Crippen MR) is 94.3 cm³/mol. The summed E-state index contributed by atoms with van der Waals surface area (Å²) in [6.07, 6.45) is 0. The van der Waals surface area contributed by atoms with E-state index in [1.807, 2.05) is 30.3 Å². The number of ether oxygens (including phenoxy) is 1. The number of hydrogen-bond acceptors (Lipinski definition) is 3. The van der Waals surface area contributed by atoms with Crippen molar-refractivity contribution in [3.05, 3.63) is 59.9 Å². The molecule has 0 aliphatic carbocycles. The summed E-state index contributed by atoms with van der Waals surface area (Å²) in [6.45, 7) is 1.78. The van der Waals surface area contributed by atoms with Crippen LogP contribution in [0.2, 0.25) is 0 Å². The van der Waals surface area contributed by atoms with E-state index in [1.54, 1.807) is 14.0 Å². The van der Waals surface area contributed by atoms with E-state index in [1.165, 1.54) is 12.0 Å². The predicted octanol–water partition coefficient (Wildman–Crippen LogP) is 4.94. The molecule has 0 bridgehead atoms. The first kappa shape index (κ1) is 17.7. The van der Waals surface area contributed by atoms with Gasteiger partial charge in [-0.25, -0.2) is 13.6 Å². The summed E-state index contributed by atoms with van der Waals surface area (Å²) in [5.41, 5.74) is 0.448. The van der Waals surface area contributed by atoms with Crippen molar-refractivity contribution in [3.63, 3.8) is 0 Å². The van der Waals surface area contributed by atoms with Gasteiger partial charge in [-0.05, 0) is 19.1 Å². The van der Waals surface area contributed by atoms with Gasteiger partial charge in [-0.1, -0.05) is 18.2 Å². The van der Waals surface area contributed by atoms with Crippen LogP contribution in [0, 0.1) is 11.6 Å². The number of anilines is 1. The molecule has 1 aromatic heterocycles. The number of urea groups is 1. The highest BCUT2D eigenvalue weighted by Crippen LogP contribution is 2.28. The summed E-state index contributed by atoms with van der Waals surface area (Å²) < 4.78 is 38.2. The highest BCUT2D eigenvalue weighted by Gasteiger charge is 2.22. The van der Waals surface area contributed by atoms with Gasteiger partial charge in [0, 0.05) is 24.6 Å². The number of benzene rings is 2. The van der Waals surface area contributed by atoms with Gasteiger partial charge in [0.2, 0.25) is 0 Å². The Kier molecular flexibility index (Phi) is 4.79. The van der Waals surface area contributed by atoms with Crippen molar-refractivity contribution in [3.8, 4) is 5.75 Å². The van der Waals surface area contributed by atoms with E-state index in [2.05, 4.69) is 5.32 Å². The second kappa shape index (κ2) is 7.03. The number of nitrogens with zero attached hydrogens (tertiary/aromatic N) is 1. The van der Waals surface area contributed by atoms with Gasteiger partial charge in [0.15, 0.2) is 17.4 Å². The summed E-state index contributed by atoms with van der Waals surface area (Å²) in [7, 11) is 2.78. The zero-order chi connectivity index (χ0) is 18.8. The molecule has 0 fully saturated rings. The van der Waals surface area contributed by atoms with Gasteiger partial charge >= 0.3 is 6.03 Å². The summed E-state index contributed by atoms with van der Waals surface area (Å²) in [6, 6.07) is 10.1. The number of furan rings is 1. The number of rotatable bonds is 4. The molecule has 5 nitrogen and oxygen atoms in total. The minimum atomic E-state index is -0.790. The summed E-state index contributed by atoms with van der Waals surface area (Å²) >= 11 is 0. The van der Waals surface area contributed by atoms with E-state index in [0.29, 0.717) is 11.3 Å². The largest absolute Gasteiger partial charge is 0.494 e. The second-order valence-electron chi connectivity index (χ2n) is 5.87. The lowest BCUT2D eigenvalue weighted by Gasteiger charge is -2.23. The lowest BCUT2D eigenvalue weighted by atomic mass is 10.2. The van der Waals surface area contributed by atoms with Crippen LogP contribution in [0.4, 0.5) is 19.3 Å². The Labute approximate surface area is 149 Å².